The van der Waals surface area contributed by atoms with Gasteiger partial charge >= 0.3 is 0 Å². The average molecular weight is 455 g/mol. The molecule has 1 N–H and O–H groups in total. The van der Waals surface area contributed by atoms with E-state index in [2.05, 4.69) is 18.3 Å². The van der Waals surface area contributed by atoms with Crippen molar-refractivity contribution in [2.45, 2.75) is 44.0 Å². The molecule has 2 fully saturated rings. The first-order valence-corrected chi connectivity index (χ1v) is 11.9. The number of likely N-dealkylation sites (N-methyl/N-ethyl adjacent to an activating group) is 1. The standard InChI is InChI=1S/C25H27ClN2O2S/c1-16-5-3-4-6-18(16)14-23-25(30)28(2)21-13-19(9-12-22(21)31-23)24(29)27-15-17-7-10-20(26)11-8-17/h3-8,10-11,14,19,21-22H,9,12-13,15H2,1-2H3,(H,27,29)/b23-14-. The maximum atomic E-state index is 13.0. The van der Waals surface area contributed by atoms with Gasteiger partial charge in [0.2, 0.25) is 5.91 Å². The first-order chi connectivity index (χ1) is 14.9. The average Bonchev–Trinajstić information content (AvgIpc) is 2.78. The quantitative estimate of drug-likeness (QED) is 0.658. The molecule has 0 spiro atoms. The normalized spacial score (nSPS) is 24.7. The Kier molecular flexibility index (Phi) is 6.73. The lowest BCUT2D eigenvalue weighted by Crippen LogP contribution is -2.52. The molecule has 1 heterocycles. The van der Waals surface area contributed by atoms with Gasteiger partial charge in [-0.25, -0.2) is 0 Å². The zero-order valence-electron chi connectivity index (χ0n) is 17.8. The SMILES string of the molecule is Cc1ccccc1/C=C1\SC2CCC(C(=O)NCc3ccc(Cl)cc3)CC2N(C)C1=O. The minimum absolute atomic E-state index is 0.0525. The Labute approximate surface area is 193 Å². The summed E-state index contributed by atoms with van der Waals surface area (Å²) in [6.07, 6.45) is 4.50. The molecule has 2 aromatic rings. The van der Waals surface area contributed by atoms with Crippen molar-refractivity contribution in [3.8, 4) is 0 Å². The first-order valence-electron chi connectivity index (χ1n) is 10.7. The smallest absolute Gasteiger partial charge is 0.260 e. The van der Waals surface area contributed by atoms with Gasteiger partial charge in [0, 0.05) is 35.8 Å². The Balaban J connectivity index is 1.40. The largest absolute Gasteiger partial charge is 0.352 e. The molecular formula is C25H27ClN2O2S. The van der Waals surface area contributed by atoms with Crippen molar-refractivity contribution in [3.63, 3.8) is 0 Å². The van der Waals surface area contributed by atoms with Gasteiger partial charge in [0.05, 0.1) is 4.91 Å². The number of halogens is 1. The third-order valence-corrected chi connectivity index (χ3v) is 7.94. The number of benzene rings is 2. The number of aryl methyl sites for hydroxylation is 1. The van der Waals surface area contributed by atoms with Crippen LogP contribution in [0.5, 0.6) is 0 Å². The summed E-state index contributed by atoms with van der Waals surface area (Å²) in [5, 5.41) is 4.07. The molecule has 1 aliphatic heterocycles. The Morgan fingerprint density at radius 3 is 2.68 bits per heavy atom. The van der Waals surface area contributed by atoms with E-state index in [4.69, 9.17) is 11.6 Å². The number of hydrogen-bond donors (Lipinski definition) is 1. The van der Waals surface area contributed by atoms with E-state index in [1.54, 1.807) is 11.8 Å². The van der Waals surface area contributed by atoms with Gasteiger partial charge in [-0.2, -0.15) is 0 Å². The van der Waals surface area contributed by atoms with E-state index in [0.29, 0.717) is 23.2 Å². The molecule has 162 valence electrons. The maximum Gasteiger partial charge on any atom is 0.260 e. The molecule has 0 radical (unpaired) electrons. The molecule has 31 heavy (non-hydrogen) atoms. The Bertz CT molecular complexity index is 1000. The number of fused-ring (bicyclic) bond motifs is 1. The number of rotatable bonds is 4. The third kappa shape index (κ3) is 4.99. The monoisotopic (exact) mass is 454 g/mol. The second-order valence-electron chi connectivity index (χ2n) is 8.36. The number of amides is 2. The number of hydrogen-bond acceptors (Lipinski definition) is 3. The van der Waals surface area contributed by atoms with Crippen LogP contribution in [-0.4, -0.2) is 35.1 Å². The van der Waals surface area contributed by atoms with Crippen LogP contribution < -0.4 is 5.32 Å². The van der Waals surface area contributed by atoms with Crippen LogP contribution in [0.25, 0.3) is 6.08 Å². The summed E-state index contributed by atoms with van der Waals surface area (Å²) < 4.78 is 0. The van der Waals surface area contributed by atoms with Crippen molar-refractivity contribution in [2.24, 2.45) is 5.92 Å². The highest BCUT2D eigenvalue weighted by atomic mass is 35.5. The van der Waals surface area contributed by atoms with Crippen molar-refractivity contribution in [1.82, 2.24) is 10.2 Å². The van der Waals surface area contributed by atoms with Gasteiger partial charge in [-0.3, -0.25) is 9.59 Å². The zero-order valence-corrected chi connectivity index (χ0v) is 19.4. The minimum Gasteiger partial charge on any atom is -0.352 e. The summed E-state index contributed by atoms with van der Waals surface area (Å²) in [6.45, 7) is 2.55. The van der Waals surface area contributed by atoms with Crippen LogP contribution >= 0.6 is 23.4 Å². The van der Waals surface area contributed by atoms with E-state index in [1.165, 1.54) is 0 Å². The number of nitrogens with one attached hydrogen (secondary N) is 1. The van der Waals surface area contributed by atoms with Gasteiger partial charge in [0.1, 0.15) is 0 Å². The van der Waals surface area contributed by atoms with Crippen LogP contribution in [0.4, 0.5) is 0 Å². The Hall–Kier alpha value is -2.24. The van der Waals surface area contributed by atoms with Crippen molar-refractivity contribution in [3.05, 3.63) is 75.1 Å². The van der Waals surface area contributed by atoms with E-state index in [0.717, 1.165) is 34.4 Å². The van der Waals surface area contributed by atoms with Gasteiger partial charge < -0.3 is 10.2 Å². The van der Waals surface area contributed by atoms with E-state index in [9.17, 15) is 9.59 Å². The van der Waals surface area contributed by atoms with Crippen LogP contribution in [-0.2, 0) is 16.1 Å². The van der Waals surface area contributed by atoms with Crippen LogP contribution in [0.3, 0.4) is 0 Å². The third-order valence-electron chi connectivity index (χ3n) is 6.29. The molecule has 2 aromatic carbocycles. The van der Waals surface area contributed by atoms with Crippen LogP contribution in [0.1, 0.15) is 36.0 Å². The molecule has 2 aliphatic rings. The van der Waals surface area contributed by atoms with Crippen LogP contribution in [0.15, 0.2) is 53.4 Å². The Morgan fingerprint density at radius 2 is 1.94 bits per heavy atom. The molecule has 1 aliphatic carbocycles. The van der Waals surface area contributed by atoms with Crippen molar-refractivity contribution < 1.29 is 9.59 Å². The highest BCUT2D eigenvalue weighted by Gasteiger charge is 2.42. The van der Waals surface area contributed by atoms with Gasteiger partial charge in [-0.05, 0) is 61.1 Å². The fraction of sp³-hybridized carbons (Fsp3) is 0.360. The summed E-state index contributed by atoms with van der Waals surface area (Å²) in [4.78, 5) is 28.5. The molecule has 1 saturated carbocycles. The maximum absolute atomic E-state index is 13.0. The predicted octanol–water partition coefficient (Wildman–Crippen LogP) is 5.05. The van der Waals surface area contributed by atoms with Gasteiger partial charge in [-0.15, -0.1) is 11.8 Å². The number of thioether (sulfide) groups is 1. The highest BCUT2D eigenvalue weighted by molar-refractivity contribution is 8.04. The molecule has 4 rings (SSSR count). The molecule has 3 atom stereocenters. The lowest BCUT2D eigenvalue weighted by atomic mass is 9.83. The van der Waals surface area contributed by atoms with E-state index >= 15 is 0 Å². The summed E-state index contributed by atoms with van der Waals surface area (Å²) in [5.74, 6) is 0.0588. The summed E-state index contributed by atoms with van der Waals surface area (Å²) in [6, 6.07) is 15.7. The van der Waals surface area contributed by atoms with E-state index < -0.39 is 0 Å². The lowest BCUT2D eigenvalue weighted by molar-refractivity contribution is -0.132. The summed E-state index contributed by atoms with van der Waals surface area (Å²) in [5.41, 5.74) is 3.27. The molecule has 2 amide bonds. The molecule has 6 heteroatoms. The summed E-state index contributed by atoms with van der Waals surface area (Å²) in [7, 11) is 1.87. The first kappa shape index (κ1) is 22.0. The van der Waals surface area contributed by atoms with Gasteiger partial charge in [-0.1, -0.05) is 48.0 Å². The fourth-order valence-electron chi connectivity index (χ4n) is 4.36. The second kappa shape index (κ2) is 9.49. The topological polar surface area (TPSA) is 49.4 Å². The van der Waals surface area contributed by atoms with Crippen LogP contribution in [0, 0.1) is 12.8 Å². The predicted molar refractivity (Wildman–Crippen MR) is 128 cm³/mol. The lowest BCUT2D eigenvalue weighted by Gasteiger charge is -2.44. The van der Waals surface area contributed by atoms with Crippen molar-refractivity contribution >= 4 is 41.3 Å². The van der Waals surface area contributed by atoms with Crippen LogP contribution in [0.2, 0.25) is 5.02 Å². The molecule has 0 aromatic heterocycles. The molecule has 4 nitrogen and oxygen atoms in total. The van der Waals surface area contributed by atoms with Gasteiger partial charge in [0.25, 0.3) is 5.91 Å². The van der Waals surface area contributed by atoms with E-state index in [-0.39, 0.29) is 23.8 Å². The number of nitrogens with zero attached hydrogens (tertiary/aromatic N) is 1. The minimum atomic E-state index is -0.0636. The molecule has 3 unspecified atom stereocenters. The van der Waals surface area contributed by atoms with Crippen molar-refractivity contribution in [1.29, 1.82) is 0 Å². The second-order valence-corrected chi connectivity index (χ2v) is 10.1. The van der Waals surface area contributed by atoms with Gasteiger partial charge in [0.15, 0.2) is 0 Å². The number of carbonyl (C=O) groups is 2. The molecule has 0 bridgehead atoms. The highest BCUT2D eigenvalue weighted by Crippen LogP contribution is 2.43. The van der Waals surface area contributed by atoms with E-state index in [1.807, 2.05) is 60.5 Å². The number of carbonyl (C=O) groups excluding carboxylic acids is 2. The zero-order chi connectivity index (χ0) is 22.0. The molecule has 1 saturated heterocycles. The van der Waals surface area contributed by atoms with Crippen molar-refractivity contribution in [2.75, 3.05) is 7.05 Å². The summed E-state index contributed by atoms with van der Waals surface area (Å²) >= 11 is 7.61. The Morgan fingerprint density at radius 1 is 1.19 bits per heavy atom. The fourth-order valence-corrected chi connectivity index (χ4v) is 5.96. The molecular weight excluding hydrogens is 428 g/mol.